The molecule has 1 aromatic rings. The van der Waals surface area contributed by atoms with Crippen molar-refractivity contribution in [2.45, 2.75) is 44.6 Å². The number of hydrogen-bond acceptors (Lipinski definition) is 1. The van der Waals surface area contributed by atoms with Crippen molar-refractivity contribution in [3.8, 4) is 11.8 Å². The van der Waals surface area contributed by atoms with E-state index in [0.29, 0.717) is 5.92 Å². The first-order valence-electron chi connectivity index (χ1n) is 6.06. The second-order valence-electron chi connectivity index (χ2n) is 4.49. The van der Waals surface area contributed by atoms with Crippen LogP contribution < -0.4 is 5.73 Å². The van der Waals surface area contributed by atoms with E-state index in [1.807, 2.05) is 6.92 Å². The predicted molar refractivity (Wildman–Crippen MR) is 68.2 cm³/mol. The first-order chi connectivity index (χ1) is 7.83. The quantitative estimate of drug-likeness (QED) is 0.751. The molecule has 0 aromatic heterocycles. The summed E-state index contributed by atoms with van der Waals surface area (Å²) in [6.45, 7) is 1.88. The monoisotopic (exact) mass is 213 g/mol. The molecule has 0 saturated carbocycles. The molecule has 0 amide bonds. The van der Waals surface area contributed by atoms with E-state index in [1.54, 1.807) is 0 Å². The molecule has 2 rings (SSSR count). The minimum Gasteiger partial charge on any atom is -0.326 e. The van der Waals surface area contributed by atoms with E-state index in [0.717, 1.165) is 6.42 Å². The molecule has 1 aliphatic carbocycles. The second-order valence-corrected chi connectivity index (χ2v) is 4.49. The van der Waals surface area contributed by atoms with E-state index in [2.05, 4.69) is 36.1 Å². The van der Waals surface area contributed by atoms with Gasteiger partial charge in [0.25, 0.3) is 0 Å². The Balaban J connectivity index is 2.20. The van der Waals surface area contributed by atoms with Gasteiger partial charge in [-0.1, -0.05) is 24.3 Å². The average Bonchev–Trinajstić information content (AvgIpc) is 2.35. The Morgan fingerprint density at radius 3 is 3.06 bits per heavy atom. The largest absolute Gasteiger partial charge is 0.326 e. The minimum atomic E-state index is 0.189. The fourth-order valence-electron chi connectivity index (χ4n) is 2.60. The highest BCUT2D eigenvalue weighted by Gasteiger charge is 2.24. The number of hydrogen-bond donors (Lipinski definition) is 1. The first-order valence-corrected chi connectivity index (χ1v) is 6.06. The SMILES string of the molecule is CC#CCC(N)C1CCCc2ccccc21. The summed E-state index contributed by atoms with van der Waals surface area (Å²) in [5, 5.41) is 0. The highest BCUT2D eigenvalue weighted by molar-refractivity contribution is 5.33. The van der Waals surface area contributed by atoms with Gasteiger partial charge in [0.2, 0.25) is 0 Å². The Morgan fingerprint density at radius 1 is 1.44 bits per heavy atom. The van der Waals surface area contributed by atoms with Gasteiger partial charge in [-0.3, -0.25) is 0 Å². The van der Waals surface area contributed by atoms with Crippen molar-refractivity contribution >= 4 is 0 Å². The van der Waals surface area contributed by atoms with Crippen molar-refractivity contribution in [1.29, 1.82) is 0 Å². The van der Waals surface area contributed by atoms with Crippen LogP contribution >= 0.6 is 0 Å². The molecule has 2 N–H and O–H groups in total. The van der Waals surface area contributed by atoms with Crippen LogP contribution in [0.15, 0.2) is 24.3 Å². The number of benzene rings is 1. The summed E-state index contributed by atoms with van der Waals surface area (Å²) in [5.41, 5.74) is 9.19. The van der Waals surface area contributed by atoms with Crippen molar-refractivity contribution < 1.29 is 0 Å². The van der Waals surface area contributed by atoms with E-state index < -0.39 is 0 Å². The Labute approximate surface area is 98.0 Å². The summed E-state index contributed by atoms with van der Waals surface area (Å²) in [7, 11) is 0. The standard InChI is InChI=1S/C15H19N/c1-2-3-11-15(16)14-10-6-8-12-7-4-5-9-13(12)14/h4-5,7,9,14-15H,6,8,10-11,16H2,1H3. The van der Waals surface area contributed by atoms with E-state index >= 15 is 0 Å². The number of fused-ring (bicyclic) bond motifs is 1. The average molecular weight is 213 g/mol. The Hall–Kier alpha value is -1.26. The molecule has 1 aliphatic rings. The van der Waals surface area contributed by atoms with Crippen LogP contribution in [0.1, 0.15) is 43.2 Å². The van der Waals surface area contributed by atoms with Gasteiger partial charge in [0.05, 0.1) is 0 Å². The highest BCUT2D eigenvalue weighted by Crippen LogP contribution is 2.33. The third-order valence-corrected chi connectivity index (χ3v) is 3.45. The molecular weight excluding hydrogens is 194 g/mol. The summed E-state index contributed by atoms with van der Waals surface area (Å²) in [5.74, 6) is 6.54. The lowest BCUT2D eigenvalue weighted by molar-refractivity contribution is 0.468. The molecule has 0 radical (unpaired) electrons. The molecule has 0 spiro atoms. The van der Waals surface area contributed by atoms with Gasteiger partial charge in [-0.15, -0.1) is 11.8 Å². The molecule has 1 aromatic carbocycles. The van der Waals surface area contributed by atoms with Gasteiger partial charge in [-0.25, -0.2) is 0 Å². The second kappa shape index (κ2) is 5.18. The molecule has 16 heavy (non-hydrogen) atoms. The summed E-state index contributed by atoms with van der Waals surface area (Å²) >= 11 is 0. The van der Waals surface area contributed by atoms with Gasteiger partial charge >= 0.3 is 0 Å². The fraction of sp³-hybridized carbons (Fsp3) is 0.467. The summed E-state index contributed by atoms with van der Waals surface area (Å²) < 4.78 is 0. The highest BCUT2D eigenvalue weighted by atomic mass is 14.6. The van der Waals surface area contributed by atoms with Crippen LogP contribution in [0.2, 0.25) is 0 Å². The minimum absolute atomic E-state index is 0.189. The number of aryl methyl sites for hydroxylation is 1. The van der Waals surface area contributed by atoms with Gasteiger partial charge in [-0.05, 0) is 37.3 Å². The lowest BCUT2D eigenvalue weighted by Gasteiger charge is -2.29. The van der Waals surface area contributed by atoms with Gasteiger partial charge in [0, 0.05) is 18.4 Å². The number of rotatable bonds is 2. The maximum absolute atomic E-state index is 6.25. The smallest absolute Gasteiger partial charge is 0.0247 e. The van der Waals surface area contributed by atoms with Crippen LogP contribution in [-0.4, -0.2) is 6.04 Å². The molecule has 0 bridgehead atoms. The molecule has 0 heterocycles. The normalized spacial score (nSPS) is 20.5. The topological polar surface area (TPSA) is 26.0 Å². The van der Waals surface area contributed by atoms with Gasteiger partial charge in [0.15, 0.2) is 0 Å². The van der Waals surface area contributed by atoms with Crippen LogP contribution in [0, 0.1) is 11.8 Å². The van der Waals surface area contributed by atoms with Crippen molar-refractivity contribution in [2.75, 3.05) is 0 Å². The van der Waals surface area contributed by atoms with Crippen molar-refractivity contribution in [3.63, 3.8) is 0 Å². The predicted octanol–water partition coefficient (Wildman–Crippen LogP) is 2.85. The summed E-state index contributed by atoms with van der Waals surface area (Å²) in [6.07, 6.45) is 4.49. The zero-order chi connectivity index (χ0) is 11.4. The molecule has 0 saturated heterocycles. The van der Waals surface area contributed by atoms with Gasteiger partial charge in [0.1, 0.15) is 0 Å². The van der Waals surface area contributed by atoms with Crippen LogP contribution in [0.3, 0.4) is 0 Å². The van der Waals surface area contributed by atoms with Crippen LogP contribution in [-0.2, 0) is 6.42 Å². The van der Waals surface area contributed by atoms with Gasteiger partial charge in [-0.2, -0.15) is 0 Å². The molecule has 2 atom stereocenters. The third-order valence-electron chi connectivity index (χ3n) is 3.45. The van der Waals surface area contributed by atoms with Crippen LogP contribution in [0.4, 0.5) is 0 Å². The number of nitrogens with two attached hydrogens (primary N) is 1. The third kappa shape index (κ3) is 2.28. The molecule has 1 heteroatoms. The van der Waals surface area contributed by atoms with Gasteiger partial charge < -0.3 is 5.73 Å². The maximum atomic E-state index is 6.25. The lowest BCUT2D eigenvalue weighted by Crippen LogP contribution is -2.30. The zero-order valence-corrected chi connectivity index (χ0v) is 9.87. The summed E-state index contributed by atoms with van der Waals surface area (Å²) in [6, 6.07) is 8.90. The fourth-order valence-corrected chi connectivity index (χ4v) is 2.60. The Morgan fingerprint density at radius 2 is 2.25 bits per heavy atom. The summed E-state index contributed by atoms with van der Waals surface area (Å²) in [4.78, 5) is 0. The lowest BCUT2D eigenvalue weighted by atomic mass is 9.78. The van der Waals surface area contributed by atoms with E-state index in [-0.39, 0.29) is 6.04 Å². The molecule has 2 unspecified atom stereocenters. The zero-order valence-electron chi connectivity index (χ0n) is 9.87. The van der Waals surface area contributed by atoms with E-state index in [1.165, 1.54) is 30.4 Å². The Kier molecular flexibility index (Phi) is 3.64. The molecular formula is C15H19N. The van der Waals surface area contributed by atoms with Crippen molar-refractivity contribution in [1.82, 2.24) is 0 Å². The first kappa shape index (κ1) is 11.2. The molecule has 84 valence electrons. The van der Waals surface area contributed by atoms with Crippen LogP contribution in [0.5, 0.6) is 0 Å². The molecule has 0 fully saturated rings. The van der Waals surface area contributed by atoms with E-state index in [9.17, 15) is 0 Å². The Bertz CT molecular complexity index is 411. The molecule has 0 aliphatic heterocycles. The van der Waals surface area contributed by atoms with Crippen molar-refractivity contribution in [3.05, 3.63) is 35.4 Å². The molecule has 1 nitrogen and oxygen atoms in total. The maximum Gasteiger partial charge on any atom is 0.0247 e. The van der Waals surface area contributed by atoms with Crippen LogP contribution in [0.25, 0.3) is 0 Å². The van der Waals surface area contributed by atoms with Crippen molar-refractivity contribution in [2.24, 2.45) is 5.73 Å². The van der Waals surface area contributed by atoms with E-state index in [4.69, 9.17) is 5.73 Å².